The molecule has 2 N–H and O–H groups in total. The molecule has 0 aromatic rings. The fraction of sp³-hybridized carbons (Fsp3) is 0.667. The highest BCUT2D eigenvalue weighted by atomic mass is 27.0. The topological polar surface area (TPSA) is 57.5 Å². The van der Waals surface area contributed by atoms with Gasteiger partial charge >= 0.3 is 29.0 Å². The molecule has 0 amide bonds. The van der Waals surface area contributed by atoms with Crippen molar-refractivity contribution in [3.05, 3.63) is 0 Å². The van der Waals surface area contributed by atoms with Gasteiger partial charge in [0.05, 0.1) is 0 Å². The standard InChI is InChI=1S/C3H6O3.Al.Mg.5H/c1-2(4)3(5)6;;;;;;;/h2,4H,1H3,(H,5,6);;;;;;;. The zero-order valence-corrected chi connectivity index (χ0v) is 3.38. The smallest absolute Gasteiger partial charge is 0.332 e. The highest BCUT2D eigenvalue weighted by Crippen LogP contribution is 1.73. The van der Waals surface area contributed by atoms with Crippen molar-refractivity contribution < 1.29 is 15.0 Å². The molecule has 5 heteroatoms. The van der Waals surface area contributed by atoms with Gasteiger partial charge in [-0.3, -0.25) is 0 Å². The van der Waals surface area contributed by atoms with Crippen molar-refractivity contribution in [2.75, 3.05) is 0 Å². The number of carboxylic acid groups (broad SMARTS) is 1. The lowest BCUT2D eigenvalue weighted by atomic mass is 10.4. The van der Waals surface area contributed by atoms with Crippen LogP contribution in [0.2, 0.25) is 0 Å². The molecule has 0 bridgehead atoms. The maximum Gasteiger partial charge on any atom is 0.332 e. The van der Waals surface area contributed by atoms with E-state index in [4.69, 9.17) is 10.2 Å². The predicted octanol–water partition coefficient (Wildman–Crippen LogP) is -2.65. The molecule has 46 valence electrons. The van der Waals surface area contributed by atoms with E-state index in [0.717, 1.165) is 0 Å². The third kappa shape index (κ3) is 9.88. The summed E-state index contributed by atoms with van der Waals surface area (Å²) in [7, 11) is 0. The quantitative estimate of drug-likeness (QED) is 0.398. The van der Waals surface area contributed by atoms with Crippen molar-refractivity contribution in [1.82, 2.24) is 0 Å². The van der Waals surface area contributed by atoms with E-state index in [9.17, 15) is 4.79 Å². The molecule has 0 saturated carbocycles. The van der Waals surface area contributed by atoms with Crippen LogP contribution in [0.3, 0.4) is 0 Å². The minimum atomic E-state index is -1.23. The second-order valence-corrected chi connectivity index (χ2v) is 1.01. The number of aliphatic hydroxyl groups excluding tert-OH is 1. The zero-order chi connectivity index (χ0) is 5.15. The lowest BCUT2D eigenvalue weighted by Crippen LogP contribution is -2.13. The summed E-state index contributed by atoms with van der Waals surface area (Å²) in [4.78, 5) is 9.45. The number of carbonyl (C=O) groups is 1. The summed E-state index contributed by atoms with van der Waals surface area (Å²) in [5.41, 5.74) is 0. The Labute approximate surface area is 74.4 Å². The van der Waals surface area contributed by atoms with Crippen molar-refractivity contribution in [2.24, 2.45) is 0 Å². The molecule has 3 nitrogen and oxygen atoms in total. The minimum Gasteiger partial charge on any atom is -0.479 e. The number of aliphatic carboxylic acids is 1. The van der Waals surface area contributed by atoms with Gasteiger partial charge in [0.15, 0.2) is 17.4 Å². The summed E-state index contributed by atoms with van der Waals surface area (Å²) in [6.07, 6.45) is -1.23. The van der Waals surface area contributed by atoms with Gasteiger partial charge in [0.25, 0.3) is 0 Å². The minimum absolute atomic E-state index is 0. The summed E-state index contributed by atoms with van der Waals surface area (Å²) in [5.74, 6) is -1.19. The highest BCUT2D eigenvalue weighted by Gasteiger charge is 2.01. The van der Waals surface area contributed by atoms with Gasteiger partial charge in [0, 0.05) is 0 Å². The van der Waals surface area contributed by atoms with E-state index in [1.165, 1.54) is 6.92 Å². The molecule has 0 aliphatic rings. The van der Waals surface area contributed by atoms with E-state index in [1.807, 2.05) is 0 Å². The molecule has 1 atom stereocenters. The molecule has 0 aromatic carbocycles. The first-order valence-corrected chi connectivity index (χ1v) is 1.55. The van der Waals surface area contributed by atoms with Crippen molar-refractivity contribution in [3.63, 3.8) is 0 Å². The van der Waals surface area contributed by atoms with Crippen LogP contribution in [0.25, 0.3) is 0 Å². The Hall–Kier alpha value is 0.729. The monoisotopic (exact) mass is 146 g/mol. The van der Waals surface area contributed by atoms with Crippen LogP contribution in [0.5, 0.6) is 0 Å². The van der Waals surface area contributed by atoms with Crippen LogP contribution < -0.4 is 0 Å². The summed E-state index contributed by atoms with van der Waals surface area (Å²) in [6, 6.07) is 0. The van der Waals surface area contributed by atoms with Crippen LogP contribution >= 0.6 is 0 Å². The maximum absolute atomic E-state index is 9.45. The molecular formula is C3H11AlMgO3. The fourth-order valence-electron chi connectivity index (χ4n) is 0. The zero-order valence-electron chi connectivity index (χ0n) is 3.38. The number of aliphatic hydroxyl groups is 1. The molecular weight excluding hydrogens is 135 g/mol. The van der Waals surface area contributed by atoms with Gasteiger partial charge in [-0.2, -0.15) is 0 Å². The maximum atomic E-state index is 9.45. The second-order valence-electron chi connectivity index (χ2n) is 1.01. The first-order valence-electron chi connectivity index (χ1n) is 1.55. The largest absolute Gasteiger partial charge is 0.479 e. The van der Waals surface area contributed by atoms with Crippen LogP contribution in [0.1, 0.15) is 6.92 Å². The molecule has 0 rings (SSSR count). The van der Waals surface area contributed by atoms with E-state index < -0.39 is 12.1 Å². The van der Waals surface area contributed by atoms with E-state index in [1.54, 1.807) is 0 Å². The van der Waals surface area contributed by atoms with E-state index in [-0.39, 0.29) is 40.4 Å². The lowest BCUT2D eigenvalue weighted by Gasteiger charge is -1.89. The molecule has 0 heterocycles. The van der Waals surface area contributed by atoms with Gasteiger partial charge in [0.2, 0.25) is 0 Å². The van der Waals surface area contributed by atoms with Crippen molar-refractivity contribution in [1.29, 1.82) is 0 Å². The first-order chi connectivity index (χ1) is 2.64. The number of hydrogen-bond acceptors (Lipinski definition) is 2. The third-order valence-electron chi connectivity index (χ3n) is 0.357. The molecule has 0 aliphatic carbocycles. The molecule has 0 aromatic heterocycles. The Morgan fingerprint density at radius 3 is 1.75 bits per heavy atom. The van der Waals surface area contributed by atoms with Crippen LogP contribution in [-0.2, 0) is 4.79 Å². The Morgan fingerprint density at radius 2 is 1.75 bits per heavy atom. The molecule has 1 unspecified atom stereocenters. The lowest BCUT2D eigenvalue weighted by molar-refractivity contribution is -0.145. The summed E-state index contributed by atoms with van der Waals surface area (Å²) in [6.45, 7) is 1.20. The van der Waals surface area contributed by atoms with Gasteiger partial charge in [-0.15, -0.1) is 0 Å². The summed E-state index contributed by atoms with van der Waals surface area (Å²) >= 11 is 0. The Kier molecular flexibility index (Phi) is 15.3. The highest BCUT2D eigenvalue weighted by molar-refractivity contribution is 5.76. The number of rotatable bonds is 1. The molecule has 0 radical (unpaired) electrons. The Balaban J connectivity index is -0.000000125. The van der Waals surface area contributed by atoms with E-state index in [0.29, 0.717) is 0 Å². The van der Waals surface area contributed by atoms with Crippen LogP contribution in [0.4, 0.5) is 0 Å². The van der Waals surface area contributed by atoms with Gasteiger partial charge in [-0.25, -0.2) is 4.79 Å². The van der Waals surface area contributed by atoms with Crippen LogP contribution in [0.15, 0.2) is 0 Å². The summed E-state index contributed by atoms with van der Waals surface area (Å²) < 4.78 is 0. The van der Waals surface area contributed by atoms with E-state index >= 15 is 0 Å². The fourth-order valence-corrected chi connectivity index (χ4v) is 0. The van der Waals surface area contributed by atoms with Crippen molar-refractivity contribution in [2.45, 2.75) is 13.0 Å². The van der Waals surface area contributed by atoms with Gasteiger partial charge in [-0.1, -0.05) is 0 Å². The van der Waals surface area contributed by atoms with Gasteiger partial charge in [0.1, 0.15) is 6.10 Å². The van der Waals surface area contributed by atoms with Crippen LogP contribution in [0, 0.1) is 0 Å². The van der Waals surface area contributed by atoms with E-state index in [2.05, 4.69) is 0 Å². The first kappa shape index (κ1) is 15.9. The molecule has 0 fully saturated rings. The van der Waals surface area contributed by atoms with Gasteiger partial charge < -0.3 is 10.2 Å². The molecule has 0 saturated heterocycles. The Bertz CT molecular complexity index is 65.5. The summed E-state index contributed by atoms with van der Waals surface area (Å²) in [5, 5.41) is 15.8. The molecule has 0 aliphatic heterocycles. The normalized spacial score (nSPS) is 10.2. The Morgan fingerprint density at radius 1 is 1.62 bits per heavy atom. The average Bonchev–Trinajstić information content (AvgIpc) is 1.36. The van der Waals surface area contributed by atoms with Crippen molar-refractivity contribution in [3.8, 4) is 0 Å². The third-order valence-corrected chi connectivity index (χ3v) is 0.357. The molecule has 0 spiro atoms. The molecule has 8 heavy (non-hydrogen) atoms. The second kappa shape index (κ2) is 7.73. The predicted molar refractivity (Wildman–Crippen MR) is 37.8 cm³/mol. The van der Waals surface area contributed by atoms with Crippen LogP contribution in [-0.4, -0.2) is 62.7 Å². The average molecular weight is 146 g/mol. The number of hydrogen-bond donors (Lipinski definition) is 2. The number of carboxylic acids is 1. The van der Waals surface area contributed by atoms with Gasteiger partial charge in [-0.05, 0) is 6.92 Å². The SMILES string of the molecule is CC(O)C(=O)O.[AlH3].[MgH2]. The van der Waals surface area contributed by atoms with Crippen molar-refractivity contribution >= 4 is 46.4 Å².